The zero-order valence-corrected chi connectivity index (χ0v) is 19.4. The van der Waals surface area contributed by atoms with E-state index in [0.29, 0.717) is 17.8 Å². The van der Waals surface area contributed by atoms with Crippen LogP contribution in [0.25, 0.3) is 0 Å². The molecule has 0 bridgehead atoms. The fraction of sp³-hybridized carbons (Fsp3) is 0.360. The summed E-state index contributed by atoms with van der Waals surface area (Å²) < 4.78 is 0. The third kappa shape index (κ3) is 8.95. The van der Waals surface area contributed by atoms with Gasteiger partial charge in [0, 0.05) is 42.7 Å². The number of allylic oxidation sites excluding steroid dienone is 1. The molecule has 1 unspecified atom stereocenters. The quantitative estimate of drug-likeness (QED) is 0.633. The number of nitrogens with zero attached hydrogens (tertiary/aromatic N) is 2. The van der Waals surface area contributed by atoms with Gasteiger partial charge in [-0.3, -0.25) is 14.6 Å². The number of aliphatic imine (C=N–C) groups is 1. The molecule has 2 amide bonds. The third-order valence-corrected chi connectivity index (χ3v) is 4.33. The lowest BCUT2D eigenvalue weighted by molar-refractivity contribution is 0.0953. The molecule has 2 N–H and O–H groups in total. The number of hydrogen-bond acceptors (Lipinski definition) is 4. The number of amides is 2. The van der Waals surface area contributed by atoms with Gasteiger partial charge in [-0.15, -0.1) is 0 Å². The highest BCUT2D eigenvalue weighted by Gasteiger charge is 2.17. The standard InChI is InChI=1S/C19H23N3O2.C6H11N/c1-4-10-21-18(23)15-11-16(22-17(12-15)19(24)20-3)13(2)14-8-6-5-7-9-14;1-4-5-7-6(2)3/h5-9,11-13H,4,10H2,1-3H3,(H,20,24)(H,21,23);4-5H,1-3H3/b;5-4-. The van der Waals surface area contributed by atoms with E-state index in [-0.39, 0.29) is 23.4 Å². The predicted octanol–water partition coefficient (Wildman–Crippen LogP) is 4.73. The van der Waals surface area contributed by atoms with Crippen LogP contribution < -0.4 is 10.6 Å². The van der Waals surface area contributed by atoms with Crippen LogP contribution in [0.3, 0.4) is 0 Å². The number of nitrogens with one attached hydrogen (secondary N) is 2. The third-order valence-electron chi connectivity index (χ3n) is 4.33. The molecule has 1 atom stereocenters. The summed E-state index contributed by atoms with van der Waals surface area (Å²) in [5.74, 6) is -0.513. The van der Waals surface area contributed by atoms with Crippen molar-refractivity contribution in [2.75, 3.05) is 13.6 Å². The van der Waals surface area contributed by atoms with Gasteiger partial charge in [0.25, 0.3) is 11.8 Å². The highest BCUT2D eigenvalue weighted by Crippen LogP contribution is 2.23. The zero-order chi connectivity index (χ0) is 23.2. The van der Waals surface area contributed by atoms with Crippen LogP contribution in [0.5, 0.6) is 0 Å². The summed E-state index contributed by atoms with van der Waals surface area (Å²) >= 11 is 0. The topological polar surface area (TPSA) is 83.5 Å². The molecule has 0 aliphatic carbocycles. The minimum absolute atomic E-state index is 0.0199. The molecule has 0 aliphatic heterocycles. The fourth-order valence-corrected chi connectivity index (χ4v) is 2.63. The van der Waals surface area contributed by atoms with Crippen LogP contribution in [0.1, 0.15) is 79.1 Å². The second-order valence-electron chi connectivity index (χ2n) is 7.19. The van der Waals surface area contributed by atoms with Crippen molar-refractivity contribution >= 4 is 17.5 Å². The maximum atomic E-state index is 12.3. The molecule has 0 aliphatic rings. The van der Waals surface area contributed by atoms with Crippen LogP contribution in [0, 0.1) is 0 Å². The summed E-state index contributed by atoms with van der Waals surface area (Å²) in [5.41, 5.74) is 3.58. The predicted molar refractivity (Wildman–Crippen MR) is 128 cm³/mol. The number of pyridine rings is 1. The number of carbonyl (C=O) groups is 2. The lowest BCUT2D eigenvalue weighted by atomic mass is 9.96. The molecule has 1 aromatic heterocycles. The molecule has 0 fully saturated rings. The Labute approximate surface area is 185 Å². The summed E-state index contributed by atoms with van der Waals surface area (Å²) in [6, 6.07) is 13.2. The van der Waals surface area contributed by atoms with Crippen molar-refractivity contribution in [2.45, 2.75) is 47.0 Å². The van der Waals surface area contributed by atoms with Gasteiger partial charge in [-0.25, -0.2) is 4.98 Å². The Balaban J connectivity index is 0.000000592. The van der Waals surface area contributed by atoms with E-state index < -0.39 is 0 Å². The van der Waals surface area contributed by atoms with Crippen LogP contribution in [-0.4, -0.2) is 36.1 Å². The Bertz CT molecular complexity index is 901. The number of benzene rings is 1. The van der Waals surface area contributed by atoms with Crippen molar-refractivity contribution in [2.24, 2.45) is 4.99 Å². The molecular weight excluding hydrogens is 388 g/mol. The van der Waals surface area contributed by atoms with Crippen molar-refractivity contribution in [1.82, 2.24) is 15.6 Å². The Morgan fingerprint density at radius 3 is 2.32 bits per heavy atom. The number of carbonyl (C=O) groups excluding carboxylic acids is 2. The highest BCUT2D eigenvalue weighted by molar-refractivity contribution is 5.98. The van der Waals surface area contributed by atoms with E-state index in [1.54, 1.807) is 19.3 Å². The van der Waals surface area contributed by atoms with Gasteiger partial charge < -0.3 is 10.6 Å². The minimum atomic E-state index is -0.304. The second kappa shape index (κ2) is 13.9. The van der Waals surface area contributed by atoms with Crippen LogP contribution in [0.15, 0.2) is 59.7 Å². The summed E-state index contributed by atoms with van der Waals surface area (Å²) in [4.78, 5) is 32.7. The molecule has 0 spiro atoms. The van der Waals surface area contributed by atoms with Gasteiger partial charge in [-0.05, 0) is 44.9 Å². The smallest absolute Gasteiger partial charge is 0.269 e. The molecule has 6 nitrogen and oxygen atoms in total. The summed E-state index contributed by atoms with van der Waals surface area (Å²) in [5, 5.41) is 5.40. The van der Waals surface area contributed by atoms with E-state index in [1.807, 2.05) is 71.0 Å². The van der Waals surface area contributed by atoms with Gasteiger partial charge in [0.2, 0.25) is 0 Å². The maximum absolute atomic E-state index is 12.3. The summed E-state index contributed by atoms with van der Waals surface area (Å²) in [6.07, 6.45) is 4.55. The van der Waals surface area contributed by atoms with Gasteiger partial charge >= 0.3 is 0 Å². The fourth-order valence-electron chi connectivity index (χ4n) is 2.63. The first-order valence-corrected chi connectivity index (χ1v) is 10.5. The number of hydrogen-bond donors (Lipinski definition) is 2. The molecule has 1 heterocycles. The SMILES string of the molecule is C/C=C\N=C(C)C.CCCNC(=O)c1cc(C(=O)NC)nc(C(C)c2ccccc2)c1. The average Bonchev–Trinajstić information content (AvgIpc) is 2.80. The molecule has 31 heavy (non-hydrogen) atoms. The molecule has 2 rings (SSSR count). The molecule has 0 saturated carbocycles. The second-order valence-corrected chi connectivity index (χ2v) is 7.19. The first-order valence-electron chi connectivity index (χ1n) is 10.5. The van der Waals surface area contributed by atoms with E-state index in [4.69, 9.17) is 0 Å². The van der Waals surface area contributed by atoms with Crippen molar-refractivity contribution in [3.05, 3.63) is 77.3 Å². The Morgan fingerprint density at radius 1 is 1.13 bits per heavy atom. The average molecular weight is 423 g/mol. The monoisotopic (exact) mass is 422 g/mol. The molecule has 2 aromatic rings. The molecule has 0 radical (unpaired) electrons. The lowest BCUT2D eigenvalue weighted by Gasteiger charge is -2.14. The van der Waals surface area contributed by atoms with E-state index in [2.05, 4.69) is 20.6 Å². The van der Waals surface area contributed by atoms with Crippen molar-refractivity contribution in [3.8, 4) is 0 Å². The molecule has 0 saturated heterocycles. The summed E-state index contributed by atoms with van der Waals surface area (Å²) in [7, 11) is 1.55. The Hall–Kier alpha value is -3.28. The van der Waals surface area contributed by atoms with E-state index in [9.17, 15) is 9.59 Å². The van der Waals surface area contributed by atoms with Crippen molar-refractivity contribution in [1.29, 1.82) is 0 Å². The van der Waals surface area contributed by atoms with Crippen LogP contribution >= 0.6 is 0 Å². The Kier molecular flexibility index (Phi) is 11.5. The van der Waals surface area contributed by atoms with E-state index >= 15 is 0 Å². The van der Waals surface area contributed by atoms with Crippen LogP contribution in [0.4, 0.5) is 0 Å². The highest BCUT2D eigenvalue weighted by atomic mass is 16.2. The van der Waals surface area contributed by atoms with Gasteiger partial charge in [0.05, 0.1) is 0 Å². The van der Waals surface area contributed by atoms with Gasteiger partial charge in [0.15, 0.2) is 0 Å². The van der Waals surface area contributed by atoms with Crippen molar-refractivity contribution < 1.29 is 9.59 Å². The van der Waals surface area contributed by atoms with E-state index in [1.165, 1.54) is 6.07 Å². The van der Waals surface area contributed by atoms with E-state index in [0.717, 1.165) is 17.7 Å². The van der Waals surface area contributed by atoms with Crippen LogP contribution in [0.2, 0.25) is 0 Å². The molecule has 166 valence electrons. The molecule has 1 aromatic carbocycles. The van der Waals surface area contributed by atoms with Gasteiger partial charge in [0.1, 0.15) is 5.69 Å². The lowest BCUT2D eigenvalue weighted by Crippen LogP contribution is -2.26. The molecular formula is C25H34N4O2. The number of rotatable bonds is 7. The Morgan fingerprint density at radius 2 is 1.81 bits per heavy atom. The zero-order valence-electron chi connectivity index (χ0n) is 19.4. The van der Waals surface area contributed by atoms with Crippen LogP contribution in [-0.2, 0) is 0 Å². The first kappa shape index (κ1) is 25.8. The van der Waals surface area contributed by atoms with Gasteiger partial charge in [-0.1, -0.05) is 50.3 Å². The van der Waals surface area contributed by atoms with Crippen molar-refractivity contribution in [3.63, 3.8) is 0 Å². The minimum Gasteiger partial charge on any atom is -0.354 e. The van der Waals surface area contributed by atoms with Gasteiger partial charge in [-0.2, -0.15) is 0 Å². The first-order chi connectivity index (χ1) is 14.8. The normalized spacial score (nSPS) is 11.2. The largest absolute Gasteiger partial charge is 0.354 e. The summed E-state index contributed by atoms with van der Waals surface area (Å²) in [6.45, 7) is 10.5. The molecule has 6 heteroatoms. The maximum Gasteiger partial charge on any atom is 0.269 e. The number of aromatic nitrogens is 1.